The fraction of sp³-hybridized carbons (Fsp3) is 0.105. The van der Waals surface area contributed by atoms with Crippen LogP contribution in [0.3, 0.4) is 0 Å². The second-order valence-corrected chi connectivity index (χ2v) is 7.72. The van der Waals surface area contributed by atoms with Crippen molar-refractivity contribution >= 4 is 46.3 Å². The van der Waals surface area contributed by atoms with E-state index in [-0.39, 0.29) is 5.91 Å². The first-order chi connectivity index (χ1) is 12.1. The smallest absolute Gasteiger partial charge is 0.244 e. The van der Waals surface area contributed by atoms with Crippen LogP contribution in [0.15, 0.2) is 59.3 Å². The van der Waals surface area contributed by atoms with Crippen LogP contribution in [-0.2, 0) is 11.3 Å². The van der Waals surface area contributed by atoms with E-state index in [1.54, 1.807) is 23.5 Å². The number of amides is 1. The van der Waals surface area contributed by atoms with E-state index in [2.05, 4.69) is 5.32 Å². The first-order valence-electron chi connectivity index (χ1n) is 7.62. The Kier molecular flexibility index (Phi) is 6.04. The molecule has 0 spiro atoms. The van der Waals surface area contributed by atoms with Gasteiger partial charge in [0.25, 0.3) is 0 Å². The summed E-state index contributed by atoms with van der Waals surface area (Å²) in [6.45, 7) is 0.423. The van der Waals surface area contributed by atoms with Gasteiger partial charge in [0.2, 0.25) is 5.91 Å². The summed E-state index contributed by atoms with van der Waals surface area (Å²) >= 11 is 9.10. The van der Waals surface area contributed by atoms with Gasteiger partial charge in [-0.15, -0.1) is 11.3 Å². The first-order valence-corrected chi connectivity index (χ1v) is 9.76. The number of thiophene rings is 2. The number of hydrogen-bond acceptors (Lipinski definition) is 4. The average Bonchev–Trinajstić information content (AvgIpc) is 3.30. The highest BCUT2D eigenvalue weighted by Gasteiger charge is 2.13. The largest absolute Gasteiger partial charge is 0.383 e. The topological polar surface area (TPSA) is 49.3 Å². The molecule has 2 heterocycles. The van der Waals surface area contributed by atoms with Crippen LogP contribution in [0.5, 0.6) is 0 Å². The molecule has 0 bridgehead atoms. The fourth-order valence-electron chi connectivity index (χ4n) is 2.24. The lowest BCUT2D eigenvalue weighted by Gasteiger charge is -2.05. The SMILES string of the molecule is O=C(/C=C/c1ccccc1Cl)NCc1ccc([C@@H](O)c2ccsc2)s1. The molecule has 1 aromatic carbocycles. The van der Waals surface area contributed by atoms with Gasteiger partial charge in [-0.25, -0.2) is 0 Å². The molecule has 0 aliphatic rings. The Balaban J connectivity index is 1.55. The van der Waals surface area contributed by atoms with Crippen molar-refractivity contribution in [2.75, 3.05) is 0 Å². The zero-order valence-electron chi connectivity index (χ0n) is 13.2. The fourth-order valence-corrected chi connectivity index (χ4v) is 4.08. The number of aliphatic hydroxyl groups excluding tert-OH is 1. The van der Waals surface area contributed by atoms with Gasteiger partial charge in [-0.05, 0) is 52.2 Å². The number of carbonyl (C=O) groups excluding carboxylic acids is 1. The minimum absolute atomic E-state index is 0.187. The van der Waals surface area contributed by atoms with E-state index in [9.17, 15) is 9.90 Å². The number of benzene rings is 1. The van der Waals surface area contributed by atoms with Gasteiger partial charge in [0, 0.05) is 20.9 Å². The molecular weight excluding hydrogens is 374 g/mol. The van der Waals surface area contributed by atoms with Crippen LogP contribution < -0.4 is 5.32 Å². The molecule has 3 rings (SSSR count). The zero-order chi connectivity index (χ0) is 17.6. The molecule has 25 heavy (non-hydrogen) atoms. The molecule has 0 saturated heterocycles. The molecule has 2 N–H and O–H groups in total. The lowest BCUT2D eigenvalue weighted by atomic mass is 10.2. The molecule has 3 nitrogen and oxygen atoms in total. The summed E-state index contributed by atoms with van der Waals surface area (Å²) < 4.78 is 0. The molecule has 0 aliphatic carbocycles. The molecule has 0 unspecified atom stereocenters. The Bertz CT molecular complexity index is 871. The van der Waals surface area contributed by atoms with E-state index in [4.69, 9.17) is 11.6 Å². The van der Waals surface area contributed by atoms with Gasteiger partial charge in [-0.1, -0.05) is 29.8 Å². The lowest BCUT2D eigenvalue weighted by molar-refractivity contribution is -0.116. The van der Waals surface area contributed by atoms with Gasteiger partial charge in [0.1, 0.15) is 6.10 Å². The van der Waals surface area contributed by atoms with Gasteiger partial charge in [0.15, 0.2) is 0 Å². The molecule has 0 saturated carbocycles. The number of carbonyl (C=O) groups is 1. The standard InChI is InChI=1S/C19H16ClNO2S2/c20-16-4-2-1-3-13(16)5-8-18(22)21-11-15-6-7-17(25-15)19(23)14-9-10-24-12-14/h1-10,12,19,23H,11H2,(H,21,22)/b8-5+/t19-/m0/s1. The van der Waals surface area contributed by atoms with Crippen molar-refractivity contribution in [3.63, 3.8) is 0 Å². The van der Waals surface area contributed by atoms with E-state index in [0.717, 1.165) is 20.9 Å². The van der Waals surface area contributed by atoms with Gasteiger partial charge in [0.05, 0.1) is 6.54 Å². The maximum atomic E-state index is 11.9. The quantitative estimate of drug-likeness (QED) is 0.590. The predicted octanol–water partition coefficient (Wildman–Crippen LogP) is 4.87. The third-order valence-electron chi connectivity index (χ3n) is 3.57. The summed E-state index contributed by atoms with van der Waals surface area (Å²) in [7, 11) is 0. The average molecular weight is 390 g/mol. The second-order valence-electron chi connectivity index (χ2n) is 5.34. The molecule has 6 heteroatoms. The molecular formula is C19H16ClNO2S2. The Morgan fingerprint density at radius 1 is 1.24 bits per heavy atom. The Hall–Kier alpha value is -1.92. The molecule has 0 radical (unpaired) electrons. The van der Waals surface area contributed by atoms with Crippen LogP contribution in [0.4, 0.5) is 0 Å². The van der Waals surface area contributed by atoms with Gasteiger partial charge < -0.3 is 10.4 Å². The van der Waals surface area contributed by atoms with Crippen molar-refractivity contribution < 1.29 is 9.90 Å². The van der Waals surface area contributed by atoms with Crippen LogP contribution in [0.25, 0.3) is 6.08 Å². The van der Waals surface area contributed by atoms with Crippen LogP contribution in [0.2, 0.25) is 5.02 Å². The number of halogens is 1. The van der Waals surface area contributed by atoms with E-state index >= 15 is 0 Å². The monoisotopic (exact) mass is 389 g/mol. The van der Waals surface area contributed by atoms with Crippen LogP contribution >= 0.6 is 34.3 Å². The maximum absolute atomic E-state index is 11.9. The second kappa shape index (κ2) is 8.45. The molecule has 1 amide bonds. The molecule has 0 aliphatic heterocycles. The predicted molar refractivity (Wildman–Crippen MR) is 105 cm³/mol. The summed E-state index contributed by atoms with van der Waals surface area (Å²) in [6, 6.07) is 13.1. The number of aliphatic hydroxyl groups is 1. The minimum atomic E-state index is -0.610. The normalized spacial score (nSPS) is 12.4. The summed E-state index contributed by atoms with van der Waals surface area (Å²) in [5, 5.41) is 17.6. The molecule has 3 aromatic rings. The summed E-state index contributed by atoms with van der Waals surface area (Å²) in [6.07, 6.45) is 2.55. The summed E-state index contributed by atoms with van der Waals surface area (Å²) in [5.41, 5.74) is 1.70. The highest BCUT2D eigenvalue weighted by atomic mass is 35.5. The van der Waals surface area contributed by atoms with Crippen molar-refractivity contribution in [3.8, 4) is 0 Å². The molecule has 2 aromatic heterocycles. The van der Waals surface area contributed by atoms with Crippen molar-refractivity contribution in [3.05, 3.63) is 85.2 Å². The van der Waals surface area contributed by atoms with Gasteiger partial charge in [-0.2, -0.15) is 11.3 Å². The maximum Gasteiger partial charge on any atom is 0.244 e. The minimum Gasteiger partial charge on any atom is -0.383 e. The van der Waals surface area contributed by atoms with Gasteiger partial charge in [-0.3, -0.25) is 4.79 Å². The van der Waals surface area contributed by atoms with Crippen molar-refractivity contribution in [2.24, 2.45) is 0 Å². The van der Waals surface area contributed by atoms with E-state index in [1.807, 2.05) is 47.2 Å². The molecule has 1 atom stereocenters. The van der Waals surface area contributed by atoms with E-state index < -0.39 is 6.10 Å². The highest BCUT2D eigenvalue weighted by Crippen LogP contribution is 2.29. The van der Waals surface area contributed by atoms with E-state index in [0.29, 0.717) is 11.6 Å². The highest BCUT2D eigenvalue weighted by molar-refractivity contribution is 7.12. The third-order valence-corrected chi connectivity index (χ3v) is 5.75. The Labute approximate surface area is 159 Å². The first kappa shape index (κ1) is 17.9. The van der Waals surface area contributed by atoms with Crippen LogP contribution in [0, 0.1) is 0 Å². The lowest BCUT2D eigenvalue weighted by Crippen LogP contribution is -2.19. The molecule has 128 valence electrons. The van der Waals surface area contributed by atoms with Gasteiger partial charge >= 0.3 is 0 Å². The van der Waals surface area contributed by atoms with Crippen LogP contribution in [-0.4, -0.2) is 11.0 Å². The summed E-state index contributed by atoms with van der Waals surface area (Å²) in [5.74, 6) is -0.187. The van der Waals surface area contributed by atoms with Crippen molar-refractivity contribution in [1.29, 1.82) is 0 Å². The van der Waals surface area contributed by atoms with Crippen LogP contribution in [0.1, 0.15) is 27.0 Å². The Morgan fingerprint density at radius 2 is 2.08 bits per heavy atom. The van der Waals surface area contributed by atoms with E-state index in [1.165, 1.54) is 17.4 Å². The third kappa shape index (κ3) is 4.80. The van der Waals surface area contributed by atoms with Crippen molar-refractivity contribution in [2.45, 2.75) is 12.6 Å². The van der Waals surface area contributed by atoms with Crippen molar-refractivity contribution in [1.82, 2.24) is 5.32 Å². The summed E-state index contributed by atoms with van der Waals surface area (Å²) in [4.78, 5) is 13.8. The number of hydrogen-bond donors (Lipinski definition) is 2. The number of nitrogens with one attached hydrogen (secondary N) is 1. The Morgan fingerprint density at radius 3 is 2.84 bits per heavy atom. The number of rotatable bonds is 6. The zero-order valence-corrected chi connectivity index (χ0v) is 15.6. The molecule has 0 fully saturated rings.